The molecule has 1 saturated heterocycles. The summed E-state index contributed by atoms with van der Waals surface area (Å²) in [5.74, 6) is -0.106. The molecule has 0 atom stereocenters. The van der Waals surface area contributed by atoms with Crippen molar-refractivity contribution in [1.29, 1.82) is 0 Å². The van der Waals surface area contributed by atoms with Crippen LogP contribution in [0.15, 0.2) is 53.4 Å². The maximum atomic E-state index is 12.9. The summed E-state index contributed by atoms with van der Waals surface area (Å²) in [4.78, 5) is 26.0. The van der Waals surface area contributed by atoms with E-state index >= 15 is 0 Å². The van der Waals surface area contributed by atoms with E-state index < -0.39 is 0 Å². The van der Waals surface area contributed by atoms with Crippen LogP contribution in [0.25, 0.3) is 6.08 Å². The lowest BCUT2D eigenvalue weighted by atomic mass is 10.2. The van der Waals surface area contributed by atoms with E-state index in [9.17, 15) is 14.0 Å². The zero-order valence-electron chi connectivity index (χ0n) is 13.4. The second kappa shape index (κ2) is 7.40. The molecule has 128 valence electrons. The van der Waals surface area contributed by atoms with Gasteiger partial charge in [0.25, 0.3) is 11.1 Å². The van der Waals surface area contributed by atoms with E-state index in [4.69, 9.17) is 4.74 Å². The number of carbonyl (C=O) groups is 2. The molecular weight excluding hydrogens is 343 g/mol. The molecule has 1 aliphatic rings. The van der Waals surface area contributed by atoms with Crippen LogP contribution in [0.2, 0.25) is 0 Å². The third-order valence-corrected chi connectivity index (χ3v) is 4.49. The van der Waals surface area contributed by atoms with E-state index in [0.29, 0.717) is 16.3 Å². The van der Waals surface area contributed by atoms with E-state index in [2.05, 4.69) is 5.32 Å². The Morgan fingerprint density at radius 3 is 2.60 bits per heavy atom. The minimum Gasteiger partial charge on any atom is -0.496 e. The first-order valence-corrected chi connectivity index (χ1v) is 8.28. The third kappa shape index (κ3) is 3.83. The number of methoxy groups -OCH3 is 1. The molecule has 7 heteroatoms. The van der Waals surface area contributed by atoms with Crippen molar-refractivity contribution in [2.24, 2.45) is 0 Å². The Bertz CT molecular complexity index is 836. The molecule has 0 aromatic heterocycles. The molecule has 1 aliphatic heterocycles. The average molecular weight is 358 g/mol. The first-order valence-electron chi connectivity index (χ1n) is 7.46. The Morgan fingerprint density at radius 1 is 1.16 bits per heavy atom. The van der Waals surface area contributed by atoms with Crippen LogP contribution in [0.1, 0.15) is 5.56 Å². The predicted octanol–water partition coefficient (Wildman–Crippen LogP) is 3.94. The van der Waals surface area contributed by atoms with Crippen LogP contribution < -0.4 is 10.1 Å². The fourth-order valence-corrected chi connectivity index (χ4v) is 3.13. The molecule has 5 nitrogen and oxygen atoms in total. The Balaban J connectivity index is 1.73. The van der Waals surface area contributed by atoms with Crippen molar-refractivity contribution < 1.29 is 18.7 Å². The first-order chi connectivity index (χ1) is 12.1. The smallest absolute Gasteiger partial charge is 0.295 e. The molecular formula is C18H15FN2O3S. The van der Waals surface area contributed by atoms with Crippen molar-refractivity contribution in [2.75, 3.05) is 19.1 Å². The lowest BCUT2D eigenvalue weighted by molar-refractivity contribution is -0.122. The first kappa shape index (κ1) is 17.0. The fourth-order valence-electron chi connectivity index (χ4n) is 2.30. The van der Waals surface area contributed by atoms with Crippen LogP contribution >= 0.6 is 11.8 Å². The number of rotatable bonds is 5. The molecule has 2 amide bonds. The number of thioether (sulfide) groups is 1. The number of hydrogen-bond donors (Lipinski definition) is 1. The van der Waals surface area contributed by atoms with Crippen LogP contribution in [0, 0.1) is 5.82 Å². The van der Waals surface area contributed by atoms with E-state index in [1.807, 2.05) is 18.2 Å². The SMILES string of the molecule is COc1ccccc1C=C1SC(=O)N(CNc2ccc(F)cc2)C1=O. The van der Waals surface area contributed by atoms with Gasteiger partial charge in [0, 0.05) is 11.3 Å². The molecule has 0 unspecified atom stereocenters. The van der Waals surface area contributed by atoms with Crippen molar-refractivity contribution in [3.8, 4) is 5.75 Å². The molecule has 1 heterocycles. The van der Waals surface area contributed by atoms with Gasteiger partial charge in [0.2, 0.25) is 0 Å². The van der Waals surface area contributed by atoms with Gasteiger partial charge in [-0.3, -0.25) is 14.5 Å². The number of ether oxygens (including phenoxy) is 1. The highest BCUT2D eigenvalue weighted by Gasteiger charge is 2.34. The normalized spacial score (nSPS) is 15.8. The van der Waals surface area contributed by atoms with E-state index in [0.717, 1.165) is 22.2 Å². The van der Waals surface area contributed by atoms with Gasteiger partial charge >= 0.3 is 0 Å². The number of imide groups is 1. The van der Waals surface area contributed by atoms with Gasteiger partial charge in [-0.1, -0.05) is 18.2 Å². The number of hydrogen-bond acceptors (Lipinski definition) is 5. The monoisotopic (exact) mass is 358 g/mol. The van der Waals surface area contributed by atoms with Crippen molar-refractivity contribution in [3.63, 3.8) is 0 Å². The molecule has 1 N–H and O–H groups in total. The van der Waals surface area contributed by atoms with Gasteiger partial charge in [-0.2, -0.15) is 0 Å². The zero-order chi connectivity index (χ0) is 17.8. The van der Waals surface area contributed by atoms with Gasteiger partial charge in [0.05, 0.1) is 18.7 Å². The van der Waals surface area contributed by atoms with Gasteiger partial charge < -0.3 is 10.1 Å². The summed E-state index contributed by atoms with van der Waals surface area (Å²) in [7, 11) is 1.55. The van der Waals surface area contributed by atoms with Crippen LogP contribution in [0.3, 0.4) is 0 Å². The molecule has 2 aromatic carbocycles. The van der Waals surface area contributed by atoms with Crippen molar-refractivity contribution in [2.45, 2.75) is 0 Å². The summed E-state index contributed by atoms with van der Waals surface area (Å²) in [5.41, 5.74) is 1.34. The third-order valence-electron chi connectivity index (χ3n) is 3.58. The molecule has 0 radical (unpaired) electrons. The number of para-hydroxylation sites is 1. The van der Waals surface area contributed by atoms with Gasteiger partial charge in [-0.25, -0.2) is 4.39 Å². The molecule has 2 aromatic rings. The highest BCUT2D eigenvalue weighted by molar-refractivity contribution is 8.18. The van der Waals surface area contributed by atoms with Gasteiger partial charge in [-0.05, 0) is 48.2 Å². The van der Waals surface area contributed by atoms with Crippen molar-refractivity contribution in [3.05, 3.63) is 64.8 Å². The van der Waals surface area contributed by atoms with Crippen LogP contribution in [0.4, 0.5) is 14.9 Å². The standard InChI is InChI=1S/C18H15FN2O3S/c1-24-15-5-3-2-4-12(15)10-16-17(22)21(18(23)25-16)11-20-14-8-6-13(19)7-9-14/h2-10,20H,11H2,1H3. The summed E-state index contributed by atoms with van der Waals surface area (Å²) in [6.45, 7) is 0.0135. The van der Waals surface area contributed by atoms with Gasteiger partial charge in [0.1, 0.15) is 11.6 Å². The summed E-state index contributed by atoms with van der Waals surface area (Å²) in [6, 6.07) is 12.9. The average Bonchev–Trinajstić information content (AvgIpc) is 2.88. The Morgan fingerprint density at radius 2 is 1.88 bits per heavy atom. The van der Waals surface area contributed by atoms with Crippen molar-refractivity contribution >= 4 is 34.7 Å². The zero-order valence-corrected chi connectivity index (χ0v) is 14.2. The minimum absolute atomic E-state index is 0.0135. The summed E-state index contributed by atoms with van der Waals surface area (Å²) < 4.78 is 18.2. The molecule has 0 saturated carbocycles. The Kier molecular flexibility index (Phi) is 5.04. The molecule has 25 heavy (non-hydrogen) atoms. The molecule has 3 rings (SSSR count). The summed E-state index contributed by atoms with van der Waals surface area (Å²) >= 11 is 0.876. The van der Waals surface area contributed by atoms with E-state index in [1.165, 1.54) is 12.1 Å². The lowest BCUT2D eigenvalue weighted by Gasteiger charge is -2.14. The topological polar surface area (TPSA) is 58.6 Å². The fraction of sp³-hybridized carbons (Fsp3) is 0.111. The number of amides is 2. The largest absolute Gasteiger partial charge is 0.496 e. The second-order valence-corrected chi connectivity index (χ2v) is 6.19. The van der Waals surface area contributed by atoms with Gasteiger partial charge in [0.15, 0.2) is 0 Å². The van der Waals surface area contributed by atoms with E-state index in [1.54, 1.807) is 31.4 Å². The number of benzene rings is 2. The highest BCUT2D eigenvalue weighted by Crippen LogP contribution is 2.33. The quantitative estimate of drug-likeness (QED) is 0.821. The lowest BCUT2D eigenvalue weighted by Crippen LogP contribution is -2.33. The Labute approximate surface area is 148 Å². The number of nitrogens with zero attached hydrogens (tertiary/aromatic N) is 1. The van der Waals surface area contributed by atoms with Crippen LogP contribution in [-0.2, 0) is 4.79 Å². The van der Waals surface area contributed by atoms with Crippen LogP contribution in [0.5, 0.6) is 5.75 Å². The number of nitrogens with one attached hydrogen (secondary N) is 1. The minimum atomic E-state index is -0.379. The number of anilines is 1. The van der Waals surface area contributed by atoms with E-state index in [-0.39, 0.29) is 23.6 Å². The van der Waals surface area contributed by atoms with Crippen LogP contribution in [-0.4, -0.2) is 29.8 Å². The molecule has 0 bridgehead atoms. The summed E-state index contributed by atoms with van der Waals surface area (Å²) in [6.07, 6.45) is 1.64. The van der Waals surface area contributed by atoms with Gasteiger partial charge in [-0.15, -0.1) is 0 Å². The second-order valence-electron chi connectivity index (χ2n) is 5.19. The maximum Gasteiger partial charge on any atom is 0.295 e. The molecule has 0 spiro atoms. The highest BCUT2D eigenvalue weighted by atomic mass is 32.2. The van der Waals surface area contributed by atoms with Crippen molar-refractivity contribution in [1.82, 2.24) is 4.90 Å². The number of carbonyl (C=O) groups excluding carboxylic acids is 2. The molecule has 1 fully saturated rings. The maximum absolute atomic E-state index is 12.9. The Hall–Kier alpha value is -2.80. The molecule has 0 aliphatic carbocycles. The number of halogens is 1. The predicted molar refractivity (Wildman–Crippen MR) is 95.7 cm³/mol. The summed E-state index contributed by atoms with van der Waals surface area (Å²) in [5, 5.41) is 2.57.